The number of carbonyl (C=O) groups is 3. The molecule has 5 unspecified atom stereocenters. The molecule has 5 atom stereocenters. The molecule has 0 fully saturated rings. The third kappa shape index (κ3) is 82.0. The molecule has 0 aliphatic heterocycles. The van der Waals surface area contributed by atoms with Gasteiger partial charge in [0.05, 0.1) is 26.4 Å². The van der Waals surface area contributed by atoms with Crippen LogP contribution < -0.4 is 0 Å². The van der Waals surface area contributed by atoms with Crippen LogP contribution in [0.1, 0.15) is 329 Å². The second kappa shape index (κ2) is 80.7. The molecule has 0 amide bonds. The highest BCUT2D eigenvalue weighted by molar-refractivity contribution is 7.47. The molecular weight excluding hydrogens is 1390 g/mol. The first kappa shape index (κ1) is 102. The number of ether oxygens (including phenoxy) is 3. The largest absolute Gasteiger partial charge is 0.472 e. The van der Waals surface area contributed by atoms with Crippen molar-refractivity contribution in [1.82, 2.24) is 0 Å². The van der Waals surface area contributed by atoms with E-state index in [1.165, 1.54) is 89.9 Å². The number of hydrogen-bond acceptors (Lipinski definition) is 14. The fraction of sp³-hybridized carbons (Fsp3) is 0.674. The van der Waals surface area contributed by atoms with Crippen molar-refractivity contribution in [2.45, 2.75) is 347 Å². The van der Waals surface area contributed by atoms with Gasteiger partial charge in [0.2, 0.25) is 0 Å². The number of phosphoric ester groups is 2. The number of allylic oxidation sites excluding steroid dienone is 26. The Morgan fingerprint density at radius 2 is 0.495 bits per heavy atom. The Kier molecular flexibility index (Phi) is 77.0. The minimum atomic E-state index is -4.95. The summed E-state index contributed by atoms with van der Waals surface area (Å²) in [6.45, 7) is 2.42. The van der Waals surface area contributed by atoms with Crippen LogP contribution in [0.15, 0.2) is 158 Å². The Bertz CT molecular complexity index is 2580. The Hall–Kier alpha value is -4.83. The Labute approximate surface area is 650 Å². The molecule has 612 valence electrons. The normalized spacial score (nSPS) is 14.7. The molecule has 0 aromatic heterocycles. The van der Waals surface area contributed by atoms with Crippen LogP contribution in [-0.2, 0) is 55.8 Å². The first-order valence-corrected chi connectivity index (χ1v) is 44.8. The summed E-state index contributed by atoms with van der Waals surface area (Å²) in [5.41, 5.74) is 0. The molecule has 0 radical (unpaired) electrons. The van der Waals surface area contributed by atoms with E-state index in [1.54, 1.807) is 0 Å². The standard InChI is InChI=1S/C89H150O16P2/c1-4-7-10-13-16-19-22-25-28-31-34-36-38-40-41-43-45-46-49-51-54-57-60-63-66-69-72-75-87(92)99-78-84(90)79-101-106(95,96)102-80-85(91)81-103-107(97,98)104-83-86(105-89(94)77-74-71-68-65-62-59-56-53-48-33-30-27-24-21-18-15-12-9-6-3)82-100-88(93)76-73-70-67-64-61-58-55-52-50-47-44-42-39-37-35-32-29-26-23-20-17-14-11-8-5-2/h7-8,10-11,16-21,25-30,34-37,40-42,44,48,53,84-86,90-91H,4-6,9,12-15,22-24,31-33,38-39,43,45-47,49-52,54-83H2,1-3H3,(H,95,96)(H,97,98)/b10-7-,11-8-,19-16-,20-17-,21-18-,28-25-,29-26-,30-27-,36-34-,37-35-,41-40-,44-42-,53-48-. The number of unbranched alkanes of at least 4 members (excludes halogenated alkanes) is 29. The maximum atomic E-state index is 13.0. The molecule has 18 heteroatoms. The molecule has 4 N–H and O–H groups in total. The summed E-state index contributed by atoms with van der Waals surface area (Å²) in [7, 11) is -9.81. The molecule has 0 aliphatic carbocycles. The van der Waals surface area contributed by atoms with Crippen LogP contribution >= 0.6 is 15.6 Å². The van der Waals surface area contributed by atoms with Crippen molar-refractivity contribution < 1.29 is 75.8 Å². The lowest BCUT2D eigenvalue weighted by Gasteiger charge is -2.21. The van der Waals surface area contributed by atoms with Gasteiger partial charge in [-0.3, -0.25) is 32.5 Å². The van der Waals surface area contributed by atoms with E-state index in [0.717, 1.165) is 180 Å². The third-order valence-electron chi connectivity index (χ3n) is 17.2. The van der Waals surface area contributed by atoms with E-state index < -0.39 is 91.5 Å². The topological polar surface area (TPSA) is 231 Å². The van der Waals surface area contributed by atoms with E-state index in [4.69, 9.17) is 32.3 Å². The molecule has 0 bridgehead atoms. The van der Waals surface area contributed by atoms with Crippen molar-refractivity contribution in [3.8, 4) is 0 Å². The minimum absolute atomic E-state index is 0.0845. The van der Waals surface area contributed by atoms with E-state index >= 15 is 0 Å². The van der Waals surface area contributed by atoms with Crippen molar-refractivity contribution in [3.05, 3.63) is 158 Å². The second-order valence-electron chi connectivity index (χ2n) is 27.5. The minimum Gasteiger partial charge on any atom is -0.463 e. The number of esters is 3. The molecule has 0 aromatic carbocycles. The number of aliphatic hydroxyl groups excluding tert-OH is 2. The Morgan fingerprint density at radius 1 is 0.271 bits per heavy atom. The highest BCUT2D eigenvalue weighted by Crippen LogP contribution is 2.45. The number of rotatable bonds is 78. The molecule has 0 saturated carbocycles. The van der Waals surface area contributed by atoms with Gasteiger partial charge in [-0.15, -0.1) is 0 Å². The Morgan fingerprint density at radius 3 is 0.785 bits per heavy atom. The highest BCUT2D eigenvalue weighted by Gasteiger charge is 2.29. The zero-order valence-electron chi connectivity index (χ0n) is 67.0. The molecule has 0 spiro atoms. The predicted octanol–water partition coefficient (Wildman–Crippen LogP) is 25.0. The van der Waals surface area contributed by atoms with Crippen LogP contribution in [0.4, 0.5) is 0 Å². The summed E-state index contributed by atoms with van der Waals surface area (Å²) < 4.78 is 61.3. The molecular formula is C89H150O16P2. The fourth-order valence-electron chi connectivity index (χ4n) is 10.9. The monoisotopic (exact) mass is 1540 g/mol. The quantitative estimate of drug-likeness (QED) is 0.0146. The third-order valence-corrected chi connectivity index (χ3v) is 19.1. The lowest BCUT2D eigenvalue weighted by Crippen LogP contribution is -2.30. The lowest BCUT2D eigenvalue weighted by molar-refractivity contribution is -0.161. The van der Waals surface area contributed by atoms with Gasteiger partial charge in [-0.1, -0.05) is 320 Å². The average molecular weight is 1540 g/mol. The van der Waals surface area contributed by atoms with Crippen LogP contribution in [0, 0.1) is 0 Å². The van der Waals surface area contributed by atoms with Crippen molar-refractivity contribution in [3.63, 3.8) is 0 Å². The summed E-state index contributed by atoms with van der Waals surface area (Å²) in [4.78, 5) is 58.8. The van der Waals surface area contributed by atoms with Gasteiger partial charge in [0.1, 0.15) is 25.4 Å². The van der Waals surface area contributed by atoms with Crippen molar-refractivity contribution in [1.29, 1.82) is 0 Å². The summed E-state index contributed by atoms with van der Waals surface area (Å²) in [6, 6.07) is 0. The lowest BCUT2D eigenvalue weighted by atomic mass is 10.0. The number of phosphoric acid groups is 2. The summed E-state index contributed by atoms with van der Waals surface area (Å²) in [6.07, 6.45) is 101. The van der Waals surface area contributed by atoms with Crippen LogP contribution in [0.25, 0.3) is 0 Å². The van der Waals surface area contributed by atoms with Gasteiger partial charge in [-0.05, 0) is 148 Å². The predicted molar refractivity (Wildman–Crippen MR) is 445 cm³/mol. The first-order chi connectivity index (χ1) is 52.2. The zero-order valence-corrected chi connectivity index (χ0v) is 68.8. The van der Waals surface area contributed by atoms with Gasteiger partial charge < -0.3 is 34.2 Å². The van der Waals surface area contributed by atoms with E-state index in [-0.39, 0.29) is 19.3 Å². The maximum absolute atomic E-state index is 13.0. The fourth-order valence-corrected chi connectivity index (χ4v) is 12.5. The van der Waals surface area contributed by atoms with E-state index in [1.807, 2.05) is 0 Å². The summed E-state index contributed by atoms with van der Waals surface area (Å²) >= 11 is 0. The van der Waals surface area contributed by atoms with Crippen LogP contribution in [0.2, 0.25) is 0 Å². The number of hydrogen-bond donors (Lipinski definition) is 4. The summed E-state index contributed by atoms with van der Waals surface area (Å²) in [5.74, 6) is -1.60. The average Bonchev–Trinajstić information content (AvgIpc) is 0.903. The van der Waals surface area contributed by atoms with Crippen LogP contribution in [-0.4, -0.2) is 95.9 Å². The van der Waals surface area contributed by atoms with E-state index in [2.05, 4.69) is 179 Å². The first-order valence-electron chi connectivity index (χ1n) is 41.8. The molecule has 0 saturated heterocycles. The maximum Gasteiger partial charge on any atom is 0.472 e. The van der Waals surface area contributed by atoms with E-state index in [9.17, 15) is 43.5 Å². The van der Waals surface area contributed by atoms with Crippen molar-refractivity contribution in [2.24, 2.45) is 0 Å². The zero-order chi connectivity index (χ0) is 78.0. The molecule has 0 rings (SSSR count). The van der Waals surface area contributed by atoms with Crippen LogP contribution in [0.5, 0.6) is 0 Å². The summed E-state index contributed by atoms with van der Waals surface area (Å²) in [5, 5.41) is 20.7. The van der Waals surface area contributed by atoms with Gasteiger partial charge >= 0.3 is 33.6 Å². The van der Waals surface area contributed by atoms with Gasteiger partial charge in [-0.2, -0.15) is 0 Å². The van der Waals surface area contributed by atoms with Gasteiger partial charge in [-0.25, -0.2) is 9.13 Å². The number of carbonyl (C=O) groups excluding carboxylic acids is 3. The Balaban J connectivity index is 4.65. The smallest absolute Gasteiger partial charge is 0.463 e. The van der Waals surface area contributed by atoms with Gasteiger partial charge in [0.15, 0.2) is 6.10 Å². The molecule has 16 nitrogen and oxygen atoms in total. The van der Waals surface area contributed by atoms with Crippen molar-refractivity contribution in [2.75, 3.05) is 39.6 Å². The van der Waals surface area contributed by atoms with Gasteiger partial charge in [0, 0.05) is 19.3 Å². The molecule has 0 aliphatic rings. The molecule has 107 heavy (non-hydrogen) atoms. The molecule has 0 aromatic rings. The second-order valence-corrected chi connectivity index (χ2v) is 30.4. The van der Waals surface area contributed by atoms with Crippen LogP contribution in [0.3, 0.4) is 0 Å². The number of aliphatic hydroxyl groups is 2. The van der Waals surface area contributed by atoms with E-state index in [0.29, 0.717) is 19.3 Å². The van der Waals surface area contributed by atoms with Crippen molar-refractivity contribution >= 4 is 33.6 Å². The molecule has 0 heterocycles. The highest BCUT2D eigenvalue weighted by atomic mass is 31.2. The SMILES string of the molecule is CC/C=C\C/C=C\C/C=C\C/C=C\C/C=C\CCCCCCCCCCCCCC(=O)OCC(O)COP(=O)(O)OCC(O)COP(=O)(O)OCC(COC(=O)CCCCCCCCCCC/C=C\C/C=C\C/C=C\C/C=C\C/C=C\CC)OC(=O)CCCCCCCC/C=C\C/C=C\C/C=C\CCCCC. The van der Waals surface area contributed by atoms with Gasteiger partial charge in [0.25, 0.3) is 0 Å².